The van der Waals surface area contributed by atoms with Crippen LogP contribution in [0.2, 0.25) is 15.1 Å². The summed E-state index contributed by atoms with van der Waals surface area (Å²) in [5.41, 5.74) is 0.735. The predicted molar refractivity (Wildman–Crippen MR) is 127 cm³/mol. The highest BCUT2D eigenvalue weighted by atomic mass is 35.5. The Hall–Kier alpha value is -1.40. The minimum absolute atomic E-state index is 0.154. The highest BCUT2D eigenvalue weighted by Crippen LogP contribution is 2.25. The van der Waals surface area contributed by atoms with E-state index in [-0.39, 0.29) is 24.1 Å². The maximum Gasteiger partial charge on any atom is 0.242 e. The van der Waals surface area contributed by atoms with E-state index in [0.717, 1.165) is 23.3 Å². The minimum atomic E-state index is -0.632. The molecule has 0 spiro atoms. The molecule has 30 heavy (non-hydrogen) atoms. The Labute approximate surface area is 197 Å². The van der Waals surface area contributed by atoms with Crippen LogP contribution in [0.1, 0.15) is 32.3 Å². The fraction of sp³-hybridized carbons (Fsp3) is 0.364. The van der Waals surface area contributed by atoms with E-state index in [2.05, 4.69) is 12.2 Å². The van der Waals surface area contributed by atoms with Crippen molar-refractivity contribution in [2.75, 3.05) is 12.3 Å². The third kappa shape index (κ3) is 7.69. The van der Waals surface area contributed by atoms with E-state index < -0.39 is 6.04 Å². The molecule has 2 aromatic carbocycles. The van der Waals surface area contributed by atoms with Crippen molar-refractivity contribution < 1.29 is 9.59 Å². The van der Waals surface area contributed by atoms with Crippen molar-refractivity contribution in [2.24, 2.45) is 0 Å². The van der Waals surface area contributed by atoms with Gasteiger partial charge in [0.1, 0.15) is 6.04 Å². The van der Waals surface area contributed by atoms with Crippen LogP contribution in [0.3, 0.4) is 0 Å². The van der Waals surface area contributed by atoms with Crippen molar-refractivity contribution in [3.63, 3.8) is 0 Å². The smallest absolute Gasteiger partial charge is 0.242 e. The molecule has 2 rings (SSSR count). The summed E-state index contributed by atoms with van der Waals surface area (Å²) in [6.07, 6.45) is 1.87. The van der Waals surface area contributed by atoms with Crippen LogP contribution in [-0.2, 0) is 16.1 Å². The molecule has 0 aliphatic heterocycles. The lowest BCUT2D eigenvalue weighted by Gasteiger charge is -2.29. The highest BCUT2D eigenvalue weighted by molar-refractivity contribution is 8.00. The van der Waals surface area contributed by atoms with Gasteiger partial charge in [-0.15, -0.1) is 11.8 Å². The summed E-state index contributed by atoms with van der Waals surface area (Å²) < 4.78 is 0. The van der Waals surface area contributed by atoms with Crippen LogP contribution >= 0.6 is 46.6 Å². The molecule has 0 unspecified atom stereocenters. The summed E-state index contributed by atoms with van der Waals surface area (Å²) in [7, 11) is 0. The molecule has 8 heteroatoms. The number of unbranched alkanes of at least 4 members (excludes halogenated alkanes) is 1. The second-order valence-electron chi connectivity index (χ2n) is 6.82. The summed E-state index contributed by atoms with van der Waals surface area (Å²) in [6.45, 7) is 4.60. The molecule has 0 aromatic heterocycles. The van der Waals surface area contributed by atoms with E-state index >= 15 is 0 Å². The molecule has 4 nitrogen and oxygen atoms in total. The predicted octanol–water partition coefficient (Wildman–Crippen LogP) is 6.07. The van der Waals surface area contributed by atoms with Gasteiger partial charge in [-0.05, 0) is 55.3 Å². The fourth-order valence-electron chi connectivity index (χ4n) is 2.71. The Balaban J connectivity index is 2.14. The summed E-state index contributed by atoms with van der Waals surface area (Å²) >= 11 is 19.6. The van der Waals surface area contributed by atoms with E-state index in [1.54, 1.807) is 42.2 Å². The first kappa shape index (κ1) is 24.9. The van der Waals surface area contributed by atoms with Gasteiger partial charge in [0.2, 0.25) is 11.8 Å². The summed E-state index contributed by atoms with van der Waals surface area (Å²) in [4.78, 5) is 28.2. The Morgan fingerprint density at radius 2 is 1.73 bits per heavy atom. The second kappa shape index (κ2) is 12.5. The maximum absolute atomic E-state index is 13.1. The fourth-order valence-corrected chi connectivity index (χ4v) is 4.09. The lowest BCUT2D eigenvalue weighted by Crippen LogP contribution is -2.48. The van der Waals surface area contributed by atoms with E-state index in [4.69, 9.17) is 34.8 Å². The number of benzene rings is 2. The van der Waals surface area contributed by atoms with Gasteiger partial charge < -0.3 is 10.2 Å². The molecule has 1 N–H and O–H groups in total. The number of halogens is 3. The van der Waals surface area contributed by atoms with Gasteiger partial charge in [0, 0.05) is 33.1 Å². The normalized spacial score (nSPS) is 11.8. The molecule has 0 saturated heterocycles. The topological polar surface area (TPSA) is 49.4 Å². The van der Waals surface area contributed by atoms with Crippen LogP contribution in [0.4, 0.5) is 0 Å². The van der Waals surface area contributed by atoms with Crippen LogP contribution < -0.4 is 5.32 Å². The van der Waals surface area contributed by atoms with E-state index in [9.17, 15) is 9.59 Å². The Morgan fingerprint density at radius 1 is 1.07 bits per heavy atom. The van der Waals surface area contributed by atoms with Crippen molar-refractivity contribution in [2.45, 2.75) is 44.2 Å². The number of hydrogen-bond donors (Lipinski definition) is 1. The molecule has 1 atom stereocenters. The summed E-state index contributed by atoms with van der Waals surface area (Å²) in [5.74, 6) is -0.142. The largest absolute Gasteiger partial charge is 0.354 e. The quantitative estimate of drug-likeness (QED) is 0.327. The monoisotopic (exact) mass is 486 g/mol. The average Bonchev–Trinajstić information content (AvgIpc) is 2.72. The molecule has 0 heterocycles. The zero-order chi connectivity index (χ0) is 22.1. The number of carbonyl (C=O) groups is 2. The SMILES string of the molecule is CCCCNC(=O)[C@H](C)N(Cc1ccc(Cl)cc1Cl)C(=O)CSc1ccc(Cl)cc1. The molecule has 2 amide bonds. The van der Waals surface area contributed by atoms with Gasteiger partial charge in [-0.1, -0.05) is 54.2 Å². The van der Waals surface area contributed by atoms with Crippen LogP contribution in [0, 0.1) is 0 Å². The van der Waals surface area contributed by atoms with Crippen molar-refractivity contribution >= 4 is 58.4 Å². The Bertz CT molecular complexity index is 862. The zero-order valence-electron chi connectivity index (χ0n) is 17.0. The van der Waals surface area contributed by atoms with E-state index in [0.29, 0.717) is 21.6 Å². The molecule has 0 aliphatic rings. The van der Waals surface area contributed by atoms with Gasteiger partial charge >= 0.3 is 0 Å². The molecule has 0 aliphatic carbocycles. The molecule has 0 saturated carbocycles. The number of hydrogen-bond acceptors (Lipinski definition) is 3. The second-order valence-corrected chi connectivity index (χ2v) is 9.15. The van der Waals surface area contributed by atoms with Crippen molar-refractivity contribution in [3.8, 4) is 0 Å². The van der Waals surface area contributed by atoms with Crippen LogP contribution in [0.25, 0.3) is 0 Å². The van der Waals surface area contributed by atoms with Crippen LogP contribution in [-0.4, -0.2) is 35.1 Å². The average molecular weight is 488 g/mol. The number of amides is 2. The van der Waals surface area contributed by atoms with E-state index in [1.807, 2.05) is 12.1 Å². The maximum atomic E-state index is 13.1. The molecular formula is C22H25Cl3N2O2S. The zero-order valence-corrected chi connectivity index (χ0v) is 20.0. The molecule has 162 valence electrons. The number of nitrogens with one attached hydrogen (secondary N) is 1. The van der Waals surface area contributed by atoms with Gasteiger partial charge in [0.05, 0.1) is 5.75 Å². The number of nitrogens with zero attached hydrogens (tertiary/aromatic N) is 1. The first-order chi connectivity index (χ1) is 14.3. The van der Waals surface area contributed by atoms with Gasteiger partial charge in [0.15, 0.2) is 0 Å². The third-order valence-electron chi connectivity index (χ3n) is 4.53. The third-order valence-corrected chi connectivity index (χ3v) is 6.36. The van der Waals surface area contributed by atoms with E-state index in [1.165, 1.54) is 11.8 Å². The van der Waals surface area contributed by atoms with Crippen molar-refractivity contribution in [1.29, 1.82) is 0 Å². The minimum Gasteiger partial charge on any atom is -0.354 e. The lowest BCUT2D eigenvalue weighted by molar-refractivity contribution is -0.138. The van der Waals surface area contributed by atoms with Crippen LogP contribution in [0.5, 0.6) is 0 Å². The standard InChI is InChI=1S/C22H25Cl3N2O2S/c1-3-4-11-26-22(29)15(2)27(13-16-5-6-18(24)12-20(16)25)21(28)14-30-19-9-7-17(23)8-10-19/h5-10,12,15H,3-4,11,13-14H2,1-2H3,(H,26,29)/t15-/m0/s1. The first-order valence-electron chi connectivity index (χ1n) is 9.71. The molecule has 2 aromatic rings. The van der Waals surface area contributed by atoms with Crippen molar-refractivity contribution in [3.05, 3.63) is 63.1 Å². The highest BCUT2D eigenvalue weighted by Gasteiger charge is 2.26. The first-order valence-corrected chi connectivity index (χ1v) is 11.8. The Morgan fingerprint density at radius 3 is 2.37 bits per heavy atom. The summed E-state index contributed by atoms with van der Waals surface area (Å²) in [6, 6.07) is 11.8. The van der Waals surface area contributed by atoms with Crippen molar-refractivity contribution in [1.82, 2.24) is 10.2 Å². The van der Waals surface area contributed by atoms with Gasteiger partial charge in [-0.25, -0.2) is 0 Å². The van der Waals surface area contributed by atoms with Gasteiger partial charge in [-0.2, -0.15) is 0 Å². The summed E-state index contributed by atoms with van der Waals surface area (Å²) in [5, 5.41) is 4.52. The number of thioether (sulfide) groups is 1. The van der Waals surface area contributed by atoms with Crippen LogP contribution in [0.15, 0.2) is 47.4 Å². The molecule has 0 fully saturated rings. The van der Waals surface area contributed by atoms with Gasteiger partial charge in [-0.3, -0.25) is 9.59 Å². The lowest BCUT2D eigenvalue weighted by atomic mass is 10.1. The number of rotatable bonds is 10. The Kier molecular flexibility index (Phi) is 10.3. The molecule has 0 radical (unpaired) electrons. The molecular weight excluding hydrogens is 463 g/mol. The molecule has 0 bridgehead atoms. The number of carbonyl (C=O) groups excluding carboxylic acids is 2. The van der Waals surface area contributed by atoms with Gasteiger partial charge in [0.25, 0.3) is 0 Å².